The summed E-state index contributed by atoms with van der Waals surface area (Å²) in [7, 11) is 3.20. The monoisotopic (exact) mass is 351 g/mol. The predicted molar refractivity (Wildman–Crippen MR) is 104 cm³/mol. The Morgan fingerprint density at radius 1 is 1.08 bits per heavy atom. The quantitative estimate of drug-likeness (QED) is 0.768. The molecule has 0 bridgehead atoms. The van der Waals surface area contributed by atoms with Gasteiger partial charge in [0, 0.05) is 18.0 Å². The average Bonchev–Trinajstić information content (AvgIpc) is 2.66. The smallest absolute Gasteiger partial charge is 0.244 e. The maximum atomic E-state index is 12.3. The molecule has 26 heavy (non-hydrogen) atoms. The number of ether oxygens (including phenoxy) is 2. The van der Waals surface area contributed by atoms with Crippen LogP contribution in [0.3, 0.4) is 0 Å². The third kappa shape index (κ3) is 3.90. The summed E-state index contributed by atoms with van der Waals surface area (Å²) in [6.45, 7) is 0.673. The summed E-state index contributed by atoms with van der Waals surface area (Å²) < 4.78 is 10.5. The average molecular weight is 351 g/mol. The minimum atomic E-state index is -0.0815. The molecule has 1 saturated carbocycles. The van der Waals surface area contributed by atoms with Crippen LogP contribution in [-0.2, 0) is 10.2 Å². The molecule has 4 heteroatoms. The van der Waals surface area contributed by atoms with E-state index in [0.29, 0.717) is 18.0 Å². The number of amides is 1. The largest absolute Gasteiger partial charge is 0.493 e. The minimum Gasteiger partial charge on any atom is -0.493 e. The van der Waals surface area contributed by atoms with Crippen LogP contribution in [-0.4, -0.2) is 26.7 Å². The van der Waals surface area contributed by atoms with Crippen LogP contribution in [0.25, 0.3) is 6.08 Å². The van der Waals surface area contributed by atoms with Crippen molar-refractivity contribution >= 4 is 12.0 Å². The van der Waals surface area contributed by atoms with Gasteiger partial charge in [-0.1, -0.05) is 42.8 Å². The molecule has 0 unspecified atom stereocenters. The summed E-state index contributed by atoms with van der Waals surface area (Å²) in [4.78, 5) is 12.3. The van der Waals surface area contributed by atoms with E-state index in [2.05, 4.69) is 29.6 Å². The first-order chi connectivity index (χ1) is 12.7. The van der Waals surface area contributed by atoms with Crippen molar-refractivity contribution in [2.24, 2.45) is 0 Å². The number of nitrogens with one attached hydrogen (secondary N) is 1. The van der Waals surface area contributed by atoms with E-state index in [1.807, 2.05) is 24.3 Å². The van der Waals surface area contributed by atoms with Crippen molar-refractivity contribution in [3.8, 4) is 11.5 Å². The van der Waals surface area contributed by atoms with Gasteiger partial charge in [-0.05, 0) is 42.2 Å². The van der Waals surface area contributed by atoms with Gasteiger partial charge in [0.15, 0.2) is 11.5 Å². The van der Waals surface area contributed by atoms with Crippen molar-refractivity contribution < 1.29 is 14.3 Å². The van der Waals surface area contributed by atoms with Gasteiger partial charge in [0.2, 0.25) is 5.91 Å². The lowest BCUT2D eigenvalue weighted by Gasteiger charge is -2.42. The molecule has 1 aliphatic carbocycles. The summed E-state index contributed by atoms with van der Waals surface area (Å²) in [6.07, 6.45) is 6.81. The second-order valence-electron chi connectivity index (χ2n) is 6.67. The zero-order valence-electron chi connectivity index (χ0n) is 15.3. The first kappa shape index (κ1) is 18.1. The van der Waals surface area contributed by atoms with Gasteiger partial charge in [-0.25, -0.2) is 0 Å². The van der Waals surface area contributed by atoms with E-state index in [4.69, 9.17) is 9.47 Å². The molecule has 0 aromatic heterocycles. The zero-order chi connectivity index (χ0) is 18.4. The fraction of sp³-hybridized carbons (Fsp3) is 0.318. The van der Waals surface area contributed by atoms with Crippen LogP contribution in [0.1, 0.15) is 30.4 Å². The lowest BCUT2D eigenvalue weighted by Crippen LogP contribution is -2.45. The third-order valence-electron chi connectivity index (χ3n) is 5.13. The number of carbonyl (C=O) groups is 1. The second kappa shape index (κ2) is 8.09. The highest BCUT2D eigenvalue weighted by atomic mass is 16.5. The Balaban J connectivity index is 1.61. The SMILES string of the molecule is COc1ccc(/C=C/C(=O)NCC2(c3ccccc3)CCC2)cc1OC. The van der Waals surface area contributed by atoms with E-state index in [0.717, 1.165) is 18.4 Å². The lowest BCUT2D eigenvalue weighted by molar-refractivity contribution is -0.116. The van der Waals surface area contributed by atoms with E-state index < -0.39 is 0 Å². The van der Waals surface area contributed by atoms with E-state index in [9.17, 15) is 4.79 Å². The molecule has 1 aliphatic rings. The van der Waals surface area contributed by atoms with E-state index in [1.165, 1.54) is 12.0 Å². The summed E-state index contributed by atoms with van der Waals surface area (Å²) in [6, 6.07) is 16.0. The third-order valence-corrected chi connectivity index (χ3v) is 5.13. The Morgan fingerprint density at radius 2 is 1.81 bits per heavy atom. The molecule has 136 valence electrons. The fourth-order valence-electron chi connectivity index (χ4n) is 3.41. The standard InChI is InChI=1S/C22H25NO3/c1-25-19-11-9-17(15-20(19)26-2)10-12-21(24)23-16-22(13-6-14-22)18-7-4-3-5-8-18/h3-5,7-12,15H,6,13-14,16H2,1-2H3,(H,23,24)/b12-10+. The minimum absolute atomic E-state index is 0.0815. The summed E-state index contributed by atoms with van der Waals surface area (Å²) in [5.74, 6) is 1.23. The highest BCUT2D eigenvalue weighted by molar-refractivity contribution is 5.91. The molecular formula is C22H25NO3. The number of rotatable bonds is 7. The van der Waals surface area contributed by atoms with Gasteiger partial charge < -0.3 is 14.8 Å². The van der Waals surface area contributed by atoms with Crippen LogP contribution < -0.4 is 14.8 Å². The highest BCUT2D eigenvalue weighted by Crippen LogP contribution is 2.43. The molecule has 1 fully saturated rings. The Kier molecular flexibility index (Phi) is 5.61. The molecule has 1 N–H and O–H groups in total. The van der Waals surface area contributed by atoms with E-state index in [-0.39, 0.29) is 11.3 Å². The van der Waals surface area contributed by atoms with Gasteiger partial charge in [0.05, 0.1) is 14.2 Å². The van der Waals surface area contributed by atoms with Crippen molar-refractivity contribution in [1.82, 2.24) is 5.32 Å². The number of methoxy groups -OCH3 is 2. The van der Waals surface area contributed by atoms with Crippen LogP contribution in [0.2, 0.25) is 0 Å². The fourth-order valence-corrected chi connectivity index (χ4v) is 3.41. The molecule has 0 atom stereocenters. The predicted octanol–water partition coefficient (Wildman–Crippen LogP) is 3.96. The topological polar surface area (TPSA) is 47.6 Å². The van der Waals surface area contributed by atoms with Crippen LogP contribution in [0.15, 0.2) is 54.6 Å². The van der Waals surface area contributed by atoms with Crippen molar-refractivity contribution in [3.05, 3.63) is 65.7 Å². The first-order valence-electron chi connectivity index (χ1n) is 8.90. The number of hydrogen-bond acceptors (Lipinski definition) is 3. The Labute approximate surface area is 154 Å². The van der Waals surface area contributed by atoms with Gasteiger partial charge in [-0.3, -0.25) is 4.79 Å². The molecule has 3 rings (SSSR count). The molecule has 4 nitrogen and oxygen atoms in total. The second-order valence-corrected chi connectivity index (χ2v) is 6.67. The van der Waals surface area contributed by atoms with Crippen LogP contribution in [0.4, 0.5) is 0 Å². The van der Waals surface area contributed by atoms with Gasteiger partial charge in [0.1, 0.15) is 0 Å². The summed E-state index contributed by atoms with van der Waals surface area (Å²) in [5.41, 5.74) is 2.29. The van der Waals surface area contributed by atoms with Crippen LogP contribution in [0.5, 0.6) is 11.5 Å². The first-order valence-corrected chi connectivity index (χ1v) is 8.90. The number of carbonyl (C=O) groups excluding carboxylic acids is 1. The van der Waals surface area contributed by atoms with Crippen molar-refractivity contribution in [2.75, 3.05) is 20.8 Å². The van der Waals surface area contributed by atoms with Gasteiger partial charge in [-0.15, -0.1) is 0 Å². The van der Waals surface area contributed by atoms with Crippen LogP contribution in [0, 0.1) is 0 Å². The normalized spacial score (nSPS) is 15.3. The zero-order valence-corrected chi connectivity index (χ0v) is 15.3. The summed E-state index contributed by atoms with van der Waals surface area (Å²) >= 11 is 0. The molecule has 0 heterocycles. The van der Waals surface area contributed by atoms with Gasteiger partial charge in [0.25, 0.3) is 0 Å². The molecule has 0 saturated heterocycles. The van der Waals surface area contributed by atoms with Crippen molar-refractivity contribution in [3.63, 3.8) is 0 Å². The van der Waals surface area contributed by atoms with Crippen molar-refractivity contribution in [1.29, 1.82) is 0 Å². The molecule has 2 aromatic rings. The highest BCUT2D eigenvalue weighted by Gasteiger charge is 2.38. The Morgan fingerprint density at radius 3 is 2.42 bits per heavy atom. The molecule has 0 aliphatic heterocycles. The summed E-state index contributed by atoms with van der Waals surface area (Å²) in [5, 5.41) is 3.06. The molecule has 2 aromatic carbocycles. The van der Waals surface area contributed by atoms with Crippen LogP contribution >= 0.6 is 0 Å². The number of hydrogen-bond donors (Lipinski definition) is 1. The molecular weight excluding hydrogens is 326 g/mol. The van der Waals surface area contributed by atoms with Gasteiger partial charge >= 0.3 is 0 Å². The van der Waals surface area contributed by atoms with Gasteiger partial charge in [-0.2, -0.15) is 0 Å². The Hall–Kier alpha value is -2.75. The van der Waals surface area contributed by atoms with E-state index >= 15 is 0 Å². The molecule has 1 amide bonds. The molecule has 0 radical (unpaired) electrons. The maximum Gasteiger partial charge on any atom is 0.244 e. The van der Waals surface area contributed by atoms with E-state index in [1.54, 1.807) is 26.4 Å². The molecule has 0 spiro atoms. The maximum absolute atomic E-state index is 12.3. The van der Waals surface area contributed by atoms with Crippen molar-refractivity contribution in [2.45, 2.75) is 24.7 Å². The Bertz CT molecular complexity index is 779. The lowest BCUT2D eigenvalue weighted by atomic mass is 9.64. The number of benzene rings is 2.